The van der Waals surface area contributed by atoms with Crippen LogP contribution in [0.25, 0.3) is 0 Å². The molecule has 0 aliphatic heterocycles. The molecule has 44 heavy (non-hydrogen) atoms. The van der Waals surface area contributed by atoms with E-state index in [2.05, 4.69) is 96.9 Å². The van der Waals surface area contributed by atoms with E-state index in [0.717, 1.165) is 24.7 Å². The van der Waals surface area contributed by atoms with Gasteiger partial charge in [-0.1, -0.05) is 79.7 Å². The molecule has 0 saturated carbocycles. The molecule has 4 rings (SSSR count). The van der Waals surface area contributed by atoms with Crippen molar-refractivity contribution in [2.24, 2.45) is 23.7 Å². The van der Waals surface area contributed by atoms with Crippen LogP contribution < -0.4 is 0 Å². The van der Waals surface area contributed by atoms with Crippen molar-refractivity contribution in [3.63, 3.8) is 0 Å². The van der Waals surface area contributed by atoms with Crippen LogP contribution in [0.2, 0.25) is 0 Å². The first-order valence-electron chi connectivity index (χ1n) is 15.8. The van der Waals surface area contributed by atoms with Crippen molar-refractivity contribution in [3.8, 4) is 11.5 Å². The molecule has 0 aliphatic carbocycles. The summed E-state index contributed by atoms with van der Waals surface area (Å²) < 4.78 is 6.66. The molecule has 4 heteroatoms. The molecule has 236 valence electrons. The zero-order valence-electron chi connectivity index (χ0n) is 29.2. The largest absolute Gasteiger partial charge is 0.508 e. The number of rotatable bonds is 9. The topological polar surface area (TPSA) is 40.5 Å². The molecule has 0 atom stereocenters. The van der Waals surface area contributed by atoms with Gasteiger partial charge in [0.05, 0.1) is 0 Å². The van der Waals surface area contributed by atoms with Gasteiger partial charge in [0.2, 0.25) is 0 Å². The van der Waals surface area contributed by atoms with Crippen LogP contribution in [0.15, 0.2) is 97.1 Å². The molecule has 2 N–H and O–H groups in total. The Morgan fingerprint density at radius 1 is 0.455 bits per heavy atom. The summed E-state index contributed by atoms with van der Waals surface area (Å²) in [5.41, 5.74) is 5.41. The van der Waals surface area contributed by atoms with Crippen LogP contribution in [0.5, 0.6) is 11.5 Å². The van der Waals surface area contributed by atoms with Crippen molar-refractivity contribution in [2.45, 2.75) is 81.1 Å². The van der Waals surface area contributed by atoms with Gasteiger partial charge in [0.15, 0.2) is 0 Å². The van der Waals surface area contributed by atoms with E-state index in [1.165, 1.54) is 35.1 Å². The van der Waals surface area contributed by atoms with Gasteiger partial charge in [0, 0.05) is 62.2 Å². The molecule has 0 fully saturated rings. The molecule has 0 amide bonds. The first-order valence-corrected chi connectivity index (χ1v) is 15.4. The van der Waals surface area contributed by atoms with Gasteiger partial charge in [-0.2, -0.15) is 71.8 Å². The normalized spacial score (nSPS) is 10.1. The number of aromatic hydroxyl groups is 2. The average Bonchev–Trinajstić information content (AvgIpc) is 2.96. The third-order valence-electron chi connectivity index (χ3n) is 6.01. The van der Waals surface area contributed by atoms with Crippen molar-refractivity contribution in [1.82, 2.24) is 0 Å². The summed E-state index contributed by atoms with van der Waals surface area (Å²) in [5.74, 6) is 3.80. The second kappa shape index (κ2) is 26.8. The molecule has 0 aromatic heterocycles. The summed E-state index contributed by atoms with van der Waals surface area (Å²) in [6.07, 6.45) is 4.52. The molecule has 0 unspecified atom stereocenters. The number of benzene rings is 4. The predicted octanol–water partition coefficient (Wildman–Crippen LogP) is 10.6. The van der Waals surface area contributed by atoms with Crippen molar-refractivity contribution in [2.75, 3.05) is 0 Å². The first-order chi connectivity index (χ1) is 20.5. The van der Waals surface area contributed by atoms with Gasteiger partial charge >= 0.3 is 0 Å². The Bertz CT molecular complexity index is 1150. The smallest absolute Gasteiger partial charge is 0.293 e. The van der Waals surface area contributed by atoms with Gasteiger partial charge in [-0.25, -0.2) is 0 Å². The number of hydrogen-bond acceptors (Lipinski definition) is 2. The Kier molecular flexibility index (Phi) is 25.9. The third-order valence-corrected chi connectivity index (χ3v) is 6.01. The molecule has 0 heterocycles. The van der Waals surface area contributed by atoms with Crippen LogP contribution in [-0.2, 0) is 25.7 Å². The van der Waals surface area contributed by atoms with Gasteiger partial charge < -0.3 is 10.2 Å². The molecule has 4 aromatic rings. The molecule has 0 aliphatic rings. The molecule has 2 nitrogen and oxygen atoms in total. The Morgan fingerprint density at radius 3 is 0.955 bits per heavy atom. The molecular formula is C40H54O2U2-2. The fourth-order valence-electron chi connectivity index (χ4n) is 4.26. The van der Waals surface area contributed by atoms with Crippen molar-refractivity contribution in [3.05, 3.63) is 131 Å². The summed E-state index contributed by atoms with van der Waals surface area (Å²) in [5, 5.41) is 13.3. The van der Waals surface area contributed by atoms with Gasteiger partial charge in [-0.05, 0) is 84.7 Å². The van der Waals surface area contributed by atoms with E-state index in [1.807, 2.05) is 60.7 Å². The van der Waals surface area contributed by atoms with Crippen LogP contribution >= 0.6 is 0 Å². The number of hydrogen-bond donors (Lipinski definition) is 2. The maximum absolute atomic E-state index is 8.99. The fourth-order valence-corrected chi connectivity index (χ4v) is 4.26. The van der Waals surface area contributed by atoms with Crippen molar-refractivity contribution >= 4 is 0 Å². The Balaban J connectivity index is 0. The van der Waals surface area contributed by atoms with Crippen LogP contribution in [-0.4, -0.2) is 11.6 Å². The van der Waals surface area contributed by atoms with E-state index in [0.29, 0.717) is 23.3 Å². The second-order valence-corrected chi connectivity index (χ2v) is 12.5. The second-order valence-electron chi connectivity index (χ2n) is 12.5. The van der Waals surface area contributed by atoms with Crippen molar-refractivity contribution in [1.29, 1.82) is 1.43 Å². The predicted molar refractivity (Wildman–Crippen MR) is 181 cm³/mol. The standard InChI is InChI=1S/2C10H14O.2C10H13.2U/c2*1-8(2)7-9-3-5-10(11)6-4-9;2*1-9(2)8-10-6-4-3-5-7-10;;/h2*3-6,8,11H,7H2,1-2H3;2*4-7,9H,8H2,1-2H3;;/q;;2*-1;;/i/hT. The van der Waals surface area contributed by atoms with E-state index < -0.39 is 0 Å². The van der Waals surface area contributed by atoms with Crippen LogP contribution in [0.4, 0.5) is 0 Å². The van der Waals surface area contributed by atoms with Crippen molar-refractivity contribution < 1.29 is 72.4 Å². The van der Waals surface area contributed by atoms with Crippen LogP contribution in [0.1, 0.15) is 77.6 Å². The summed E-state index contributed by atoms with van der Waals surface area (Å²) in [6.45, 7) is 17.7. The molecule has 0 spiro atoms. The Hall–Kier alpha value is -1.42. The first kappa shape index (κ1) is 42.6. The molecule has 4 aromatic carbocycles. The zero-order chi connectivity index (χ0) is 32.0. The van der Waals surface area contributed by atoms with Crippen LogP contribution in [0.3, 0.4) is 0 Å². The molecule has 0 radical (unpaired) electrons. The minimum atomic E-state index is 0. The Morgan fingerprint density at radius 2 is 0.705 bits per heavy atom. The van der Waals surface area contributed by atoms with E-state index in [9.17, 15) is 0 Å². The summed E-state index contributed by atoms with van der Waals surface area (Å²) in [4.78, 5) is 0. The van der Waals surface area contributed by atoms with E-state index >= 15 is 0 Å². The summed E-state index contributed by atoms with van der Waals surface area (Å²) in [7, 11) is 0. The maximum atomic E-state index is 8.99. The minimum absolute atomic E-state index is 0. The van der Waals surface area contributed by atoms with E-state index in [4.69, 9.17) is 6.54 Å². The molecule has 0 saturated heterocycles. The fraction of sp³-hybridized carbons (Fsp3) is 0.400. The monoisotopic (exact) mass is 1040 g/mol. The summed E-state index contributed by atoms with van der Waals surface area (Å²) in [6, 6.07) is 37.5. The minimum Gasteiger partial charge on any atom is -0.508 e. The van der Waals surface area contributed by atoms with E-state index in [-0.39, 0.29) is 62.2 Å². The average molecular weight is 1040 g/mol. The quantitative estimate of drug-likeness (QED) is 0.164. The van der Waals surface area contributed by atoms with Gasteiger partial charge in [-0.15, -0.1) is 0 Å². The van der Waals surface area contributed by atoms with Gasteiger partial charge in [-0.3, -0.25) is 0 Å². The third kappa shape index (κ3) is 24.9. The maximum Gasteiger partial charge on any atom is 0.293 e. The Labute approximate surface area is 318 Å². The van der Waals surface area contributed by atoms with Crippen LogP contribution in [0, 0.1) is 98.0 Å². The van der Waals surface area contributed by atoms with E-state index in [1.54, 1.807) is 12.1 Å². The molecule has 0 bridgehead atoms. The number of phenolic OH excluding ortho intramolecular Hbond substituents is 2. The summed E-state index contributed by atoms with van der Waals surface area (Å²) >= 11 is 0. The van der Waals surface area contributed by atoms with Gasteiger partial charge in [0.25, 0.3) is 1.43 Å². The number of phenols is 2. The van der Waals surface area contributed by atoms with Gasteiger partial charge in [0.1, 0.15) is 11.5 Å². The zero-order valence-corrected chi connectivity index (χ0v) is 36.6. The SMILES string of the molecule is CC(C)Cc1cc[c-]cc1.CC(C)Cc1cc[c-]cc1.CC(C)Cc1ccc(O)cc1.[3H]Oc1ccc(CC(C)C)cc1.[U].[U]. The molecular weight excluding hydrogens is 988 g/mol.